The van der Waals surface area contributed by atoms with Gasteiger partial charge in [0.1, 0.15) is 6.26 Å². The Morgan fingerprint density at radius 3 is 3.00 bits per heavy atom. The molecule has 3 N–H and O–H groups in total. The maximum atomic E-state index is 12.3. The first kappa shape index (κ1) is 14.0. The Labute approximate surface area is 113 Å². The molecule has 1 fully saturated rings. The van der Waals surface area contributed by atoms with Gasteiger partial charge in [-0.2, -0.15) is 0 Å². The van der Waals surface area contributed by atoms with E-state index in [-0.39, 0.29) is 17.9 Å². The second kappa shape index (κ2) is 6.16. The summed E-state index contributed by atoms with van der Waals surface area (Å²) < 4.78 is 5.33. The van der Waals surface area contributed by atoms with Crippen LogP contribution in [-0.4, -0.2) is 42.0 Å². The molecule has 0 saturated carbocycles. The van der Waals surface area contributed by atoms with E-state index in [0.29, 0.717) is 18.1 Å². The van der Waals surface area contributed by atoms with Gasteiger partial charge in [0.25, 0.3) is 5.91 Å². The van der Waals surface area contributed by atoms with Gasteiger partial charge in [-0.3, -0.25) is 4.79 Å². The molecule has 1 saturated heterocycles. The van der Waals surface area contributed by atoms with Crippen molar-refractivity contribution in [2.45, 2.75) is 26.3 Å². The van der Waals surface area contributed by atoms with E-state index >= 15 is 0 Å². The lowest BCUT2D eigenvalue weighted by Gasteiger charge is -2.18. The minimum Gasteiger partial charge on any atom is -0.446 e. The van der Waals surface area contributed by atoms with Crippen molar-refractivity contribution in [3.63, 3.8) is 0 Å². The van der Waals surface area contributed by atoms with Gasteiger partial charge in [0.05, 0.1) is 6.04 Å². The Kier molecular flexibility index (Phi) is 4.55. The zero-order valence-corrected chi connectivity index (χ0v) is 11.6. The number of aromatic nitrogens is 1. The minimum absolute atomic E-state index is 0.0744. The first-order chi connectivity index (χ1) is 9.09. The predicted molar refractivity (Wildman–Crippen MR) is 71.7 cm³/mol. The molecular formula is C13H22N4O2. The second-order valence-corrected chi connectivity index (χ2v) is 5.24. The fourth-order valence-corrected chi connectivity index (χ4v) is 2.03. The molecule has 0 aliphatic carbocycles. The van der Waals surface area contributed by atoms with E-state index in [0.717, 1.165) is 26.1 Å². The molecular weight excluding hydrogens is 244 g/mol. The fourth-order valence-electron chi connectivity index (χ4n) is 2.03. The van der Waals surface area contributed by atoms with Crippen molar-refractivity contribution in [1.82, 2.24) is 15.2 Å². The number of carbonyl (C=O) groups excluding carboxylic acids is 1. The standard InChI is InChI=1S/C13H22N4O2/c1-9(2)11(14)12-16-10(8-19-12)13(18)17-6-3-4-15-5-7-17/h8-9,11,15H,3-7,14H2,1-2H3. The molecule has 1 atom stereocenters. The zero-order valence-electron chi connectivity index (χ0n) is 11.6. The SMILES string of the molecule is CC(C)C(N)c1nc(C(=O)N2CCCNCC2)co1. The Morgan fingerprint density at radius 1 is 1.47 bits per heavy atom. The molecule has 106 valence electrons. The molecule has 0 bridgehead atoms. The van der Waals surface area contributed by atoms with Gasteiger partial charge in [0.2, 0.25) is 5.89 Å². The Hall–Kier alpha value is -1.40. The maximum Gasteiger partial charge on any atom is 0.275 e. The van der Waals surface area contributed by atoms with Gasteiger partial charge in [-0.25, -0.2) is 4.98 Å². The smallest absolute Gasteiger partial charge is 0.275 e. The van der Waals surface area contributed by atoms with E-state index in [2.05, 4.69) is 10.3 Å². The van der Waals surface area contributed by atoms with Crippen LogP contribution in [0.4, 0.5) is 0 Å². The van der Waals surface area contributed by atoms with Gasteiger partial charge in [0, 0.05) is 19.6 Å². The summed E-state index contributed by atoms with van der Waals surface area (Å²) in [4.78, 5) is 18.3. The number of carbonyl (C=O) groups is 1. The lowest BCUT2D eigenvalue weighted by atomic mass is 10.1. The van der Waals surface area contributed by atoms with E-state index in [1.54, 1.807) is 0 Å². The number of nitrogens with two attached hydrogens (primary N) is 1. The van der Waals surface area contributed by atoms with Crippen LogP contribution in [-0.2, 0) is 0 Å². The second-order valence-electron chi connectivity index (χ2n) is 5.24. The largest absolute Gasteiger partial charge is 0.446 e. The van der Waals surface area contributed by atoms with Crippen LogP contribution in [0.5, 0.6) is 0 Å². The van der Waals surface area contributed by atoms with E-state index in [9.17, 15) is 4.79 Å². The van der Waals surface area contributed by atoms with Crippen LogP contribution < -0.4 is 11.1 Å². The predicted octanol–water partition coefficient (Wildman–Crippen LogP) is 0.766. The van der Waals surface area contributed by atoms with Gasteiger partial charge in [-0.15, -0.1) is 0 Å². The minimum atomic E-state index is -0.271. The van der Waals surface area contributed by atoms with Crippen LogP contribution in [0.2, 0.25) is 0 Å². The highest BCUT2D eigenvalue weighted by molar-refractivity contribution is 5.92. The van der Waals surface area contributed by atoms with E-state index in [1.807, 2.05) is 18.7 Å². The lowest BCUT2D eigenvalue weighted by Crippen LogP contribution is -2.34. The normalized spacial score (nSPS) is 18.4. The van der Waals surface area contributed by atoms with Gasteiger partial charge in [0.15, 0.2) is 5.69 Å². The van der Waals surface area contributed by atoms with Crippen molar-refractivity contribution in [3.8, 4) is 0 Å². The van der Waals surface area contributed by atoms with Crippen LogP contribution in [0.3, 0.4) is 0 Å². The van der Waals surface area contributed by atoms with Gasteiger partial charge < -0.3 is 20.4 Å². The van der Waals surface area contributed by atoms with E-state index in [1.165, 1.54) is 6.26 Å². The molecule has 1 amide bonds. The molecule has 1 unspecified atom stereocenters. The fraction of sp³-hybridized carbons (Fsp3) is 0.692. The molecule has 0 aromatic carbocycles. The number of nitrogens with one attached hydrogen (secondary N) is 1. The molecule has 1 aromatic heterocycles. The summed E-state index contributed by atoms with van der Waals surface area (Å²) in [5.41, 5.74) is 6.32. The van der Waals surface area contributed by atoms with Gasteiger partial charge in [-0.05, 0) is 18.9 Å². The van der Waals surface area contributed by atoms with Crippen molar-refractivity contribution < 1.29 is 9.21 Å². The van der Waals surface area contributed by atoms with Crippen molar-refractivity contribution >= 4 is 5.91 Å². The van der Waals surface area contributed by atoms with Gasteiger partial charge >= 0.3 is 0 Å². The Morgan fingerprint density at radius 2 is 2.26 bits per heavy atom. The third-order valence-corrected chi connectivity index (χ3v) is 3.37. The topological polar surface area (TPSA) is 84.4 Å². The summed E-state index contributed by atoms with van der Waals surface area (Å²) in [7, 11) is 0. The zero-order chi connectivity index (χ0) is 13.8. The molecule has 6 heteroatoms. The van der Waals surface area contributed by atoms with Crippen LogP contribution >= 0.6 is 0 Å². The van der Waals surface area contributed by atoms with Crippen LogP contribution in [0, 0.1) is 5.92 Å². The van der Waals surface area contributed by atoms with Crippen molar-refractivity contribution in [2.24, 2.45) is 11.7 Å². The average Bonchev–Trinajstić information content (AvgIpc) is 2.72. The molecule has 1 aromatic rings. The monoisotopic (exact) mass is 266 g/mol. The Bertz CT molecular complexity index is 422. The number of rotatable bonds is 3. The van der Waals surface area contributed by atoms with Crippen LogP contribution in [0.1, 0.15) is 42.7 Å². The molecule has 0 spiro atoms. The number of hydrogen-bond donors (Lipinski definition) is 2. The third kappa shape index (κ3) is 3.33. The summed E-state index contributed by atoms with van der Waals surface area (Å²) >= 11 is 0. The first-order valence-electron chi connectivity index (χ1n) is 6.80. The number of nitrogens with zero attached hydrogens (tertiary/aromatic N) is 2. The molecule has 6 nitrogen and oxygen atoms in total. The van der Waals surface area contributed by atoms with Crippen LogP contribution in [0.15, 0.2) is 10.7 Å². The average molecular weight is 266 g/mol. The molecule has 0 radical (unpaired) electrons. The number of hydrogen-bond acceptors (Lipinski definition) is 5. The Balaban J connectivity index is 2.06. The summed E-state index contributed by atoms with van der Waals surface area (Å²) in [5, 5.41) is 3.26. The van der Waals surface area contributed by atoms with Crippen molar-refractivity contribution in [1.29, 1.82) is 0 Å². The highest BCUT2D eigenvalue weighted by Gasteiger charge is 2.23. The van der Waals surface area contributed by atoms with Crippen molar-refractivity contribution in [3.05, 3.63) is 17.8 Å². The van der Waals surface area contributed by atoms with Crippen LogP contribution in [0.25, 0.3) is 0 Å². The number of amides is 1. The number of oxazole rings is 1. The highest BCUT2D eigenvalue weighted by atomic mass is 16.3. The molecule has 1 aliphatic heterocycles. The summed E-state index contributed by atoms with van der Waals surface area (Å²) in [6.07, 6.45) is 2.38. The maximum absolute atomic E-state index is 12.3. The van der Waals surface area contributed by atoms with E-state index in [4.69, 9.17) is 10.2 Å². The molecule has 2 rings (SSSR count). The summed E-state index contributed by atoms with van der Waals surface area (Å²) in [6.45, 7) is 7.23. The lowest BCUT2D eigenvalue weighted by molar-refractivity contribution is 0.0760. The van der Waals surface area contributed by atoms with E-state index < -0.39 is 0 Å². The van der Waals surface area contributed by atoms with Gasteiger partial charge in [-0.1, -0.05) is 13.8 Å². The summed E-state index contributed by atoms with van der Waals surface area (Å²) in [6, 6.07) is -0.271. The highest BCUT2D eigenvalue weighted by Crippen LogP contribution is 2.18. The first-order valence-corrected chi connectivity index (χ1v) is 6.80. The van der Waals surface area contributed by atoms with Crippen molar-refractivity contribution in [2.75, 3.05) is 26.2 Å². The summed E-state index contributed by atoms with van der Waals surface area (Å²) in [5.74, 6) is 0.588. The quantitative estimate of drug-likeness (QED) is 0.844. The third-order valence-electron chi connectivity index (χ3n) is 3.37. The molecule has 1 aliphatic rings. The molecule has 2 heterocycles. The molecule has 19 heavy (non-hydrogen) atoms.